The average molecular weight is 626 g/mol. The van der Waals surface area contributed by atoms with E-state index in [0.717, 1.165) is 59.8 Å². The summed E-state index contributed by atoms with van der Waals surface area (Å²) in [5, 5.41) is 0.404. The van der Waals surface area contributed by atoms with E-state index in [-0.39, 0.29) is 17.3 Å². The van der Waals surface area contributed by atoms with Crippen molar-refractivity contribution in [2.75, 3.05) is 31.4 Å². The van der Waals surface area contributed by atoms with Gasteiger partial charge in [-0.1, -0.05) is 36.2 Å². The molecule has 0 saturated carbocycles. The van der Waals surface area contributed by atoms with Crippen LogP contribution in [-0.2, 0) is 4.79 Å². The van der Waals surface area contributed by atoms with Gasteiger partial charge in [0, 0.05) is 41.5 Å². The first kappa shape index (κ1) is 37.3. The number of hydrogen-bond donors (Lipinski definition) is 0. The Hall–Kier alpha value is -1.77. The fourth-order valence-corrected chi connectivity index (χ4v) is 5.87. The van der Waals surface area contributed by atoms with Crippen LogP contribution in [0, 0.1) is 24.6 Å². The molecule has 0 bridgehead atoms. The standard InChI is InChI=1S/C30H41Cl2FN2O.C2H5Cl.C2H2/c1-21(13-16-31)20-35-22(2)25(11-12-29(35)36)26(27-10-9-24(33)19-28(27)32)8-6-7-23-14-17-34(18-15-23)30(3,4)5;1-2-3;1-2/h8-10,13,19,23H,6-7,11-12,14-18,20H2,1-5H3;2H2,1H3;1-2H/b21-13-,26-8+;;. The highest BCUT2D eigenvalue weighted by molar-refractivity contribution is 6.32. The maximum absolute atomic E-state index is 13.9. The molecule has 7 heteroatoms. The monoisotopic (exact) mass is 624 g/mol. The number of allylic oxidation sites excluding steroid dienone is 5. The Morgan fingerprint density at radius 1 is 1.12 bits per heavy atom. The Morgan fingerprint density at radius 2 is 1.73 bits per heavy atom. The minimum Gasteiger partial charge on any atom is -0.312 e. The number of carbonyl (C=O) groups is 1. The smallest absolute Gasteiger partial charge is 0.227 e. The minimum absolute atomic E-state index is 0.119. The first-order valence-corrected chi connectivity index (χ1v) is 15.9. The van der Waals surface area contributed by atoms with Gasteiger partial charge in [0.2, 0.25) is 5.91 Å². The van der Waals surface area contributed by atoms with Crippen molar-refractivity contribution < 1.29 is 9.18 Å². The zero-order chi connectivity index (χ0) is 31.2. The second kappa shape index (κ2) is 18.7. The van der Waals surface area contributed by atoms with Gasteiger partial charge in [-0.25, -0.2) is 4.39 Å². The molecule has 1 amide bonds. The van der Waals surface area contributed by atoms with Crippen molar-refractivity contribution in [3.63, 3.8) is 0 Å². The Morgan fingerprint density at radius 3 is 2.27 bits per heavy atom. The zero-order valence-corrected chi connectivity index (χ0v) is 28.0. The van der Waals surface area contributed by atoms with E-state index in [1.54, 1.807) is 6.07 Å². The van der Waals surface area contributed by atoms with E-state index in [9.17, 15) is 9.18 Å². The van der Waals surface area contributed by atoms with Crippen molar-refractivity contribution in [3.05, 3.63) is 63.6 Å². The third kappa shape index (κ3) is 11.8. The van der Waals surface area contributed by atoms with E-state index >= 15 is 0 Å². The van der Waals surface area contributed by atoms with Gasteiger partial charge in [0.05, 0.1) is 5.02 Å². The number of hydrogen-bond acceptors (Lipinski definition) is 2. The van der Waals surface area contributed by atoms with Crippen LogP contribution in [0.1, 0.15) is 85.6 Å². The first-order valence-electron chi connectivity index (χ1n) is 14.4. The lowest BCUT2D eigenvalue weighted by Crippen LogP contribution is -2.46. The van der Waals surface area contributed by atoms with E-state index in [1.807, 2.05) is 31.7 Å². The lowest BCUT2D eigenvalue weighted by molar-refractivity contribution is -0.129. The van der Waals surface area contributed by atoms with Gasteiger partial charge in [0.1, 0.15) is 5.82 Å². The molecule has 0 N–H and O–H groups in total. The van der Waals surface area contributed by atoms with Gasteiger partial charge < -0.3 is 4.90 Å². The molecule has 1 aromatic carbocycles. The van der Waals surface area contributed by atoms with E-state index < -0.39 is 0 Å². The Balaban J connectivity index is 0.00000157. The van der Waals surface area contributed by atoms with Crippen molar-refractivity contribution in [3.8, 4) is 12.8 Å². The number of nitrogens with zero attached hydrogens (tertiary/aromatic N) is 2. The lowest BCUT2D eigenvalue weighted by Gasteiger charge is -2.41. The van der Waals surface area contributed by atoms with Crippen LogP contribution in [0.3, 0.4) is 0 Å². The van der Waals surface area contributed by atoms with E-state index in [4.69, 9.17) is 34.8 Å². The molecule has 0 spiro atoms. The first-order chi connectivity index (χ1) is 19.4. The Bertz CT molecular complexity index is 1090. The molecular weight excluding hydrogens is 578 g/mol. The molecule has 0 unspecified atom stereocenters. The van der Waals surface area contributed by atoms with Crippen molar-refractivity contribution in [1.29, 1.82) is 0 Å². The van der Waals surface area contributed by atoms with Gasteiger partial charge in [-0.3, -0.25) is 9.69 Å². The summed E-state index contributed by atoms with van der Waals surface area (Å²) in [6.07, 6.45) is 17.8. The minimum atomic E-state index is -0.346. The van der Waals surface area contributed by atoms with Crippen LogP contribution in [0.15, 0.2) is 47.2 Å². The summed E-state index contributed by atoms with van der Waals surface area (Å²) >= 11 is 17.4. The largest absolute Gasteiger partial charge is 0.312 e. The maximum Gasteiger partial charge on any atom is 0.227 e. The topological polar surface area (TPSA) is 23.6 Å². The van der Waals surface area contributed by atoms with Gasteiger partial charge in [0.15, 0.2) is 0 Å². The summed E-state index contributed by atoms with van der Waals surface area (Å²) in [5.41, 5.74) is 5.20. The van der Waals surface area contributed by atoms with E-state index in [2.05, 4.69) is 44.6 Å². The molecule has 1 fully saturated rings. The third-order valence-corrected chi connectivity index (χ3v) is 8.06. The van der Waals surface area contributed by atoms with Crippen LogP contribution in [-0.4, -0.2) is 52.6 Å². The molecule has 3 rings (SSSR count). The van der Waals surface area contributed by atoms with Crippen LogP contribution in [0.5, 0.6) is 0 Å². The van der Waals surface area contributed by atoms with Gasteiger partial charge in [0.25, 0.3) is 0 Å². The molecule has 1 saturated heterocycles. The van der Waals surface area contributed by atoms with Gasteiger partial charge in [-0.05, 0) is 115 Å². The summed E-state index contributed by atoms with van der Waals surface area (Å²) in [6.45, 7) is 15.6. The SMILES string of the molecule is C#C.CC1=C(/C(=C\CCC2CCN(C(C)(C)C)CC2)c2ccc(F)cc2Cl)CCC(=O)N1C/C(C)=C\CCl.CCCl. The van der Waals surface area contributed by atoms with Crippen molar-refractivity contribution in [2.45, 2.75) is 85.6 Å². The number of likely N-dealkylation sites (tertiary alicyclic amines) is 1. The number of halogens is 4. The van der Waals surface area contributed by atoms with E-state index in [0.29, 0.717) is 36.2 Å². The second-order valence-corrected chi connectivity index (χ2v) is 12.7. The maximum atomic E-state index is 13.9. The number of amides is 1. The predicted molar refractivity (Wildman–Crippen MR) is 177 cm³/mol. The molecule has 2 heterocycles. The zero-order valence-electron chi connectivity index (χ0n) is 25.7. The fourth-order valence-electron chi connectivity index (χ4n) is 5.34. The molecule has 3 nitrogen and oxygen atoms in total. The molecule has 0 aliphatic carbocycles. The van der Waals surface area contributed by atoms with Crippen molar-refractivity contribution in [2.24, 2.45) is 5.92 Å². The molecule has 2 aliphatic heterocycles. The molecule has 228 valence electrons. The summed E-state index contributed by atoms with van der Waals surface area (Å²) in [4.78, 5) is 17.2. The Kier molecular flexibility index (Phi) is 17.0. The van der Waals surface area contributed by atoms with Crippen LogP contribution in [0.25, 0.3) is 5.57 Å². The second-order valence-electron chi connectivity index (χ2n) is 11.4. The van der Waals surface area contributed by atoms with Gasteiger partial charge >= 0.3 is 0 Å². The summed E-state index contributed by atoms with van der Waals surface area (Å²) < 4.78 is 13.9. The van der Waals surface area contributed by atoms with Crippen molar-refractivity contribution >= 4 is 46.3 Å². The van der Waals surface area contributed by atoms with E-state index in [1.165, 1.54) is 25.0 Å². The highest BCUT2D eigenvalue weighted by Crippen LogP contribution is 2.38. The van der Waals surface area contributed by atoms with Crippen LogP contribution < -0.4 is 0 Å². The van der Waals surface area contributed by atoms with Crippen molar-refractivity contribution in [1.82, 2.24) is 9.80 Å². The number of terminal acetylenes is 1. The third-order valence-electron chi connectivity index (χ3n) is 7.60. The number of rotatable bonds is 8. The normalized spacial score (nSPS) is 17.6. The highest BCUT2D eigenvalue weighted by atomic mass is 35.5. The molecule has 1 aromatic rings. The molecule has 2 aliphatic rings. The number of alkyl halides is 2. The average Bonchev–Trinajstić information content (AvgIpc) is 2.92. The molecule has 0 atom stereocenters. The molecule has 0 aromatic heterocycles. The van der Waals surface area contributed by atoms with Gasteiger partial charge in [-0.15, -0.1) is 36.0 Å². The molecule has 0 radical (unpaired) electrons. The summed E-state index contributed by atoms with van der Waals surface area (Å²) in [5.74, 6) is 1.62. The lowest BCUT2D eigenvalue weighted by atomic mass is 9.86. The number of benzene rings is 1. The Labute approximate surface area is 263 Å². The quantitative estimate of drug-likeness (QED) is 0.163. The number of piperidine rings is 1. The molecular formula is C34H48Cl3FN2O. The molecule has 41 heavy (non-hydrogen) atoms. The van der Waals surface area contributed by atoms with Crippen LogP contribution in [0.4, 0.5) is 4.39 Å². The summed E-state index contributed by atoms with van der Waals surface area (Å²) in [7, 11) is 0. The van der Waals surface area contributed by atoms with Gasteiger partial charge in [-0.2, -0.15) is 0 Å². The number of carbonyl (C=O) groups excluding carboxylic acids is 1. The van der Waals surface area contributed by atoms with Crippen LogP contribution in [0.2, 0.25) is 5.02 Å². The predicted octanol–water partition coefficient (Wildman–Crippen LogP) is 9.73. The fraction of sp³-hybridized carbons (Fsp3) is 0.559. The highest BCUT2D eigenvalue weighted by Gasteiger charge is 2.28. The van der Waals surface area contributed by atoms with Crippen LogP contribution >= 0.6 is 34.8 Å². The summed E-state index contributed by atoms with van der Waals surface area (Å²) in [6, 6.07) is 4.61.